The van der Waals surface area contributed by atoms with Crippen LogP contribution in [0.15, 0.2) is 23.2 Å². The number of rotatable bonds is 4. The van der Waals surface area contributed by atoms with Gasteiger partial charge in [-0.3, -0.25) is 4.68 Å². The number of thiazole rings is 1. The van der Waals surface area contributed by atoms with Gasteiger partial charge in [0.2, 0.25) is 0 Å². The monoisotopic (exact) mass is 208 g/mol. The topological polar surface area (TPSA) is 42.7 Å². The molecule has 0 bridgehead atoms. The van der Waals surface area contributed by atoms with Gasteiger partial charge in [-0.2, -0.15) is 5.10 Å². The van der Waals surface area contributed by atoms with Crippen molar-refractivity contribution in [3.05, 3.63) is 28.8 Å². The van der Waals surface area contributed by atoms with E-state index < -0.39 is 0 Å². The molecule has 2 aromatic rings. The maximum atomic E-state index is 4.31. The summed E-state index contributed by atoms with van der Waals surface area (Å²) in [6.45, 7) is 3.71. The molecule has 0 saturated heterocycles. The summed E-state index contributed by atoms with van der Waals surface area (Å²) in [5.74, 6) is 0.903. The van der Waals surface area contributed by atoms with E-state index in [2.05, 4.69) is 22.3 Å². The lowest BCUT2D eigenvalue weighted by atomic mass is 10.5. The van der Waals surface area contributed by atoms with Crippen LogP contribution in [0.3, 0.4) is 0 Å². The Labute approximate surface area is 86.6 Å². The number of aryl methyl sites for hydroxylation is 1. The standard InChI is InChI=1S/C9H12N4S/c1-2-13-4-3-9(12-13)10-5-8-6-14-7-11-8/h3-4,6-7H,2,5H2,1H3,(H,10,12). The highest BCUT2D eigenvalue weighted by Crippen LogP contribution is 2.06. The van der Waals surface area contributed by atoms with Gasteiger partial charge < -0.3 is 5.32 Å². The lowest BCUT2D eigenvalue weighted by Gasteiger charge is -1.99. The molecule has 2 aromatic heterocycles. The maximum Gasteiger partial charge on any atom is 0.148 e. The Balaban J connectivity index is 1.92. The molecule has 1 N–H and O–H groups in total. The highest BCUT2D eigenvalue weighted by Gasteiger charge is 1.98. The molecule has 14 heavy (non-hydrogen) atoms. The van der Waals surface area contributed by atoms with E-state index in [-0.39, 0.29) is 0 Å². The molecule has 0 aliphatic rings. The van der Waals surface area contributed by atoms with Crippen molar-refractivity contribution < 1.29 is 0 Å². The second-order valence-electron chi connectivity index (χ2n) is 2.89. The van der Waals surface area contributed by atoms with Gasteiger partial charge in [0.15, 0.2) is 0 Å². The molecule has 0 aliphatic carbocycles. The van der Waals surface area contributed by atoms with Crippen LogP contribution in [0.1, 0.15) is 12.6 Å². The van der Waals surface area contributed by atoms with Crippen LogP contribution in [0.2, 0.25) is 0 Å². The molecule has 0 unspecified atom stereocenters. The average molecular weight is 208 g/mol. The van der Waals surface area contributed by atoms with E-state index in [1.54, 1.807) is 11.3 Å². The van der Waals surface area contributed by atoms with Crippen LogP contribution >= 0.6 is 11.3 Å². The van der Waals surface area contributed by atoms with E-state index in [9.17, 15) is 0 Å². The molecule has 0 spiro atoms. The quantitative estimate of drug-likeness (QED) is 0.835. The molecule has 5 heteroatoms. The number of anilines is 1. The molecule has 74 valence electrons. The van der Waals surface area contributed by atoms with Crippen molar-refractivity contribution in [1.29, 1.82) is 0 Å². The predicted molar refractivity (Wildman–Crippen MR) is 57.3 cm³/mol. The van der Waals surface area contributed by atoms with Crippen LogP contribution in [-0.4, -0.2) is 14.8 Å². The Kier molecular flexibility index (Phi) is 2.78. The first-order valence-corrected chi connectivity index (χ1v) is 5.47. The summed E-state index contributed by atoms with van der Waals surface area (Å²) in [5, 5.41) is 9.55. The molecular formula is C9H12N4S. The molecular weight excluding hydrogens is 196 g/mol. The smallest absolute Gasteiger partial charge is 0.148 e. The largest absolute Gasteiger partial charge is 0.363 e. The fourth-order valence-electron chi connectivity index (χ4n) is 1.14. The van der Waals surface area contributed by atoms with Gasteiger partial charge in [0.1, 0.15) is 5.82 Å². The molecule has 0 amide bonds. The first kappa shape index (κ1) is 9.21. The van der Waals surface area contributed by atoms with Crippen molar-refractivity contribution in [1.82, 2.24) is 14.8 Å². The third-order valence-corrected chi connectivity index (χ3v) is 2.53. The molecule has 0 saturated carbocycles. The second kappa shape index (κ2) is 4.23. The second-order valence-corrected chi connectivity index (χ2v) is 3.61. The zero-order chi connectivity index (χ0) is 9.80. The Bertz CT molecular complexity index is 379. The van der Waals surface area contributed by atoms with Crippen LogP contribution in [0, 0.1) is 0 Å². The minimum absolute atomic E-state index is 0.740. The fraction of sp³-hybridized carbons (Fsp3) is 0.333. The van der Waals surface area contributed by atoms with Crippen LogP contribution in [0.25, 0.3) is 0 Å². The number of nitrogens with one attached hydrogen (secondary N) is 1. The minimum atomic E-state index is 0.740. The molecule has 0 atom stereocenters. The summed E-state index contributed by atoms with van der Waals surface area (Å²) >= 11 is 1.61. The molecule has 0 aliphatic heterocycles. The zero-order valence-corrected chi connectivity index (χ0v) is 8.79. The number of hydrogen-bond donors (Lipinski definition) is 1. The van der Waals surface area contributed by atoms with Gasteiger partial charge >= 0.3 is 0 Å². The van der Waals surface area contributed by atoms with Crippen LogP contribution < -0.4 is 5.32 Å². The van der Waals surface area contributed by atoms with Gasteiger partial charge in [-0.25, -0.2) is 4.98 Å². The third-order valence-electron chi connectivity index (χ3n) is 1.90. The van der Waals surface area contributed by atoms with Gasteiger partial charge in [-0.05, 0) is 6.92 Å². The summed E-state index contributed by atoms with van der Waals surface area (Å²) in [7, 11) is 0. The highest BCUT2D eigenvalue weighted by molar-refractivity contribution is 7.07. The Morgan fingerprint density at radius 2 is 2.50 bits per heavy atom. The Morgan fingerprint density at radius 1 is 1.57 bits per heavy atom. The van der Waals surface area contributed by atoms with Crippen molar-refractivity contribution in [2.24, 2.45) is 0 Å². The first-order chi connectivity index (χ1) is 6.88. The van der Waals surface area contributed by atoms with E-state index in [1.807, 2.05) is 27.8 Å². The number of hydrogen-bond acceptors (Lipinski definition) is 4. The molecule has 4 nitrogen and oxygen atoms in total. The zero-order valence-electron chi connectivity index (χ0n) is 7.97. The highest BCUT2D eigenvalue weighted by atomic mass is 32.1. The Hall–Kier alpha value is -1.36. The van der Waals surface area contributed by atoms with Gasteiger partial charge in [-0.1, -0.05) is 0 Å². The van der Waals surface area contributed by atoms with Gasteiger partial charge in [0.05, 0.1) is 17.7 Å². The van der Waals surface area contributed by atoms with Crippen molar-refractivity contribution in [2.75, 3.05) is 5.32 Å². The van der Waals surface area contributed by atoms with E-state index in [4.69, 9.17) is 0 Å². The van der Waals surface area contributed by atoms with Gasteiger partial charge in [0, 0.05) is 24.2 Å². The summed E-state index contributed by atoms with van der Waals surface area (Å²) in [6.07, 6.45) is 1.96. The van der Waals surface area contributed by atoms with Crippen LogP contribution in [0.5, 0.6) is 0 Å². The van der Waals surface area contributed by atoms with Crippen molar-refractivity contribution in [3.8, 4) is 0 Å². The summed E-state index contributed by atoms with van der Waals surface area (Å²) in [6, 6.07) is 1.97. The molecule has 2 rings (SSSR count). The maximum absolute atomic E-state index is 4.31. The molecule has 0 aromatic carbocycles. The molecule has 0 fully saturated rings. The van der Waals surface area contributed by atoms with Gasteiger partial charge in [-0.15, -0.1) is 11.3 Å². The average Bonchev–Trinajstić information content (AvgIpc) is 2.86. The predicted octanol–water partition coefficient (Wildman–Crippen LogP) is 1.97. The minimum Gasteiger partial charge on any atom is -0.363 e. The number of aromatic nitrogens is 3. The van der Waals surface area contributed by atoms with Crippen LogP contribution in [0.4, 0.5) is 5.82 Å². The first-order valence-electron chi connectivity index (χ1n) is 4.53. The summed E-state index contributed by atoms with van der Waals surface area (Å²) in [4.78, 5) is 4.18. The van der Waals surface area contributed by atoms with Crippen LogP contribution in [-0.2, 0) is 13.1 Å². The lowest BCUT2D eigenvalue weighted by Crippen LogP contribution is -2.01. The fourth-order valence-corrected chi connectivity index (χ4v) is 1.70. The number of nitrogens with zero attached hydrogens (tertiary/aromatic N) is 3. The van der Waals surface area contributed by atoms with E-state index in [0.29, 0.717) is 0 Å². The lowest BCUT2D eigenvalue weighted by molar-refractivity contribution is 0.661. The Morgan fingerprint density at radius 3 is 3.14 bits per heavy atom. The SMILES string of the molecule is CCn1ccc(NCc2cscn2)n1. The van der Waals surface area contributed by atoms with Crippen molar-refractivity contribution in [3.63, 3.8) is 0 Å². The van der Waals surface area contributed by atoms with E-state index in [1.165, 1.54) is 0 Å². The van der Waals surface area contributed by atoms with Gasteiger partial charge in [0.25, 0.3) is 0 Å². The van der Waals surface area contributed by atoms with E-state index >= 15 is 0 Å². The molecule has 0 radical (unpaired) electrons. The summed E-state index contributed by atoms with van der Waals surface area (Å²) in [5.41, 5.74) is 2.89. The third kappa shape index (κ3) is 2.11. The van der Waals surface area contributed by atoms with Crippen molar-refractivity contribution in [2.45, 2.75) is 20.0 Å². The van der Waals surface area contributed by atoms with Crippen molar-refractivity contribution >= 4 is 17.2 Å². The van der Waals surface area contributed by atoms with E-state index in [0.717, 1.165) is 24.6 Å². The summed E-state index contributed by atoms with van der Waals surface area (Å²) < 4.78 is 1.89. The molecule has 2 heterocycles. The normalized spacial score (nSPS) is 10.4.